The van der Waals surface area contributed by atoms with E-state index in [0.717, 1.165) is 0 Å². The van der Waals surface area contributed by atoms with E-state index >= 15 is 0 Å². The molecule has 5 rings (SSSR count). The highest BCUT2D eigenvalue weighted by Gasteiger charge is 2.36. The molecule has 1 aliphatic heterocycles. The zero-order chi connectivity index (χ0) is 36.9. The molecule has 1 N–H and O–H groups in total. The lowest BCUT2D eigenvalue weighted by atomic mass is 10.0. The molecule has 1 fully saturated rings. The summed E-state index contributed by atoms with van der Waals surface area (Å²) in [6, 6.07) is 12.9. The fraction of sp³-hybridized carbons (Fsp3) is 0.343. The summed E-state index contributed by atoms with van der Waals surface area (Å²) in [6.45, 7) is 1.37. The van der Waals surface area contributed by atoms with Crippen molar-refractivity contribution in [2.24, 2.45) is 0 Å². The van der Waals surface area contributed by atoms with E-state index in [1.165, 1.54) is 57.3 Å². The number of halogens is 3. The van der Waals surface area contributed by atoms with Gasteiger partial charge in [0.2, 0.25) is 10.0 Å². The highest BCUT2D eigenvalue weighted by Crippen LogP contribution is 2.35. The van der Waals surface area contributed by atoms with Crippen molar-refractivity contribution in [1.82, 2.24) is 14.3 Å². The number of nitrogens with one attached hydrogen (secondary N) is 1. The van der Waals surface area contributed by atoms with E-state index in [9.17, 15) is 22.0 Å². The van der Waals surface area contributed by atoms with Gasteiger partial charge in [0, 0.05) is 68.5 Å². The van der Waals surface area contributed by atoms with Crippen LogP contribution in [-0.4, -0.2) is 76.0 Å². The number of carbonyl (C=O) groups is 1. The SMILES string of the molecule is COc1ccc(CN(Cc2ccc(OC)cc2OC)S(=O)(=O)c2cncc(NC(=O)c3c(C)cc(Cl)nc3N3CCC(F)(F)CC3)c2)c(OC)c1. The van der Waals surface area contributed by atoms with Gasteiger partial charge < -0.3 is 29.2 Å². The molecule has 0 unspecified atom stereocenters. The number of ether oxygens (including phenoxy) is 4. The number of pyridine rings is 2. The summed E-state index contributed by atoms with van der Waals surface area (Å²) in [5.41, 5.74) is 1.78. The minimum Gasteiger partial charge on any atom is -0.497 e. The fourth-order valence-corrected chi connectivity index (χ4v) is 7.34. The molecule has 1 saturated heterocycles. The Labute approximate surface area is 300 Å². The second kappa shape index (κ2) is 15.7. The number of methoxy groups -OCH3 is 4. The average Bonchev–Trinajstić information content (AvgIpc) is 3.11. The summed E-state index contributed by atoms with van der Waals surface area (Å²) >= 11 is 6.22. The third-order valence-electron chi connectivity index (χ3n) is 8.48. The fourth-order valence-electron chi connectivity index (χ4n) is 5.71. The second-order valence-electron chi connectivity index (χ2n) is 11.8. The summed E-state index contributed by atoms with van der Waals surface area (Å²) in [5.74, 6) is -1.40. The molecule has 12 nitrogen and oxygen atoms in total. The second-order valence-corrected chi connectivity index (χ2v) is 14.1. The van der Waals surface area contributed by atoms with Gasteiger partial charge >= 0.3 is 0 Å². The van der Waals surface area contributed by atoms with Crippen molar-refractivity contribution in [2.75, 3.05) is 51.7 Å². The molecule has 51 heavy (non-hydrogen) atoms. The van der Waals surface area contributed by atoms with Crippen LogP contribution >= 0.6 is 11.6 Å². The lowest BCUT2D eigenvalue weighted by molar-refractivity contribution is -0.0221. The Morgan fingerprint density at radius 3 is 2.00 bits per heavy atom. The Balaban J connectivity index is 1.49. The Bertz CT molecular complexity index is 1950. The number of carbonyl (C=O) groups excluding carboxylic acids is 1. The highest BCUT2D eigenvalue weighted by molar-refractivity contribution is 7.89. The first-order chi connectivity index (χ1) is 24.3. The lowest BCUT2D eigenvalue weighted by Crippen LogP contribution is -2.40. The predicted octanol–water partition coefficient (Wildman–Crippen LogP) is 6.35. The molecule has 16 heteroatoms. The summed E-state index contributed by atoms with van der Waals surface area (Å²) in [7, 11) is 1.67. The Morgan fingerprint density at radius 2 is 1.47 bits per heavy atom. The Hall–Kier alpha value is -4.73. The van der Waals surface area contributed by atoms with Crippen molar-refractivity contribution in [2.45, 2.75) is 43.7 Å². The number of rotatable bonds is 13. The van der Waals surface area contributed by atoms with E-state index < -0.39 is 34.7 Å². The first-order valence-corrected chi connectivity index (χ1v) is 17.6. The van der Waals surface area contributed by atoms with E-state index in [1.807, 2.05) is 0 Å². The van der Waals surface area contributed by atoms with Gasteiger partial charge in [0.05, 0.1) is 45.9 Å². The topological polar surface area (TPSA) is 132 Å². The third kappa shape index (κ3) is 8.60. The van der Waals surface area contributed by atoms with Crippen molar-refractivity contribution in [3.8, 4) is 23.0 Å². The smallest absolute Gasteiger partial charge is 0.259 e. The van der Waals surface area contributed by atoms with E-state index in [1.54, 1.807) is 48.2 Å². The molecule has 0 saturated carbocycles. The Morgan fingerprint density at radius 1 is 0.902 bits per heavy atom. The number of piperidine rings is 1. The number of nitrogens with zero attached hydrogens (tertiary/aromatic N) is 4. The highest BCUT2D eigenvalue weighted by atomic mass is 35.5. The number of amides is 1. The summed E-state index contributed by atoms with van der Waals surface area (Å²) in [4.78, 5) is 23.6. The first-order valence-electron chi connectivity index (χ1n) is 15.8. The molecule has 1 amide bonds. The van der Waals surface area contributed by atoms with Crippen LogP contribution in [0.2, 0.25) is 5.15 Å². The Kier molecular flexibility index (Phi) is 11.5. The van der Waals surface area contributed by atoms with Crippen LogP contribution in [0.15, 0.2) is 65.8 Å². The molecule has 2 aromatic heterocycles. The number of anilines is 2. The maximum absolute atomic E-state index is 14.4. The van der Waals surface area contributed by atoms with Gasteiger partial charge in [0.1, 0.15) is 38.9 Å². The monoisotopic (exact) mass is 745 g/mol. The molecule has 2 aromatic carbocycles. The van der Waals surface area contributed by atoms with Gasteiger partial charge in [-0.05, 0) is 36.8 Å². The van der Waals surface area contributed by atoms with Crippen molar-refractivity contribution >= 4 is 39.0 Å². The van der Waals surface area contributed by atoms with Crippen LogP contribution < -0.4 is 29.2 Å². The summed E-state index contributed by atoms with van der Waals surface area (Å²) < 4.78 is 79.8. The summed E-state index contributed by atoms with van der Waals surface area (Å²) in [5, 5.41) is 2.82. The van der Waals surface area contributed by atoms with Gasteiger partial charge in [0.25, 0.3) is 11.8 Å². The van der Waals surface area contributed by atoms with Crippen LogP contribution in [-0.2, 0) is 23.1 Å². The first kappa shape index (κ1) is 37.5. The standard InChI is InChI=1S/C35H38ClF2N5O7S/c1-22-14-31(36)41-33(42-12-10-35(37,38)11-13-42)32(22)34(44)40-25-15-28(19-39-18-25)51(45,46)43(20-23-6-8-26(47-2)16-29(23)49-4)21-24-7-9-27(48-3)17-30(24)50-5/h6-9,14-19H,10-13,20-21H2,1-5H3,(H,40,44). The van der Waals surface area contributed by atoms with Gasteiger partial charge in [-0.2, -0.15) is 4.31 Å². The zero-order valence-electron chi connectivity index (χ0n) is 28.7. The quantitative estimate of drug-likeness (QED) is 0.154. The van der Waals surface area contributed by atoms with Crippen LogP contribution in [0.5, 0.6) is 23.0 Å². The minimum absolute atomic E-state index is 0.0247. The normalized spacial score (nSPS) is 14.3. The number of aryl methyl sites for hydroxylation is 1. The van der Waals surface area contributed by atoms with Gasteiger partial charge in [-0.25, -0.2) is 22.2 Å². The van der Waals surface area contributed by atoms with Crippen LogP contribution in [0.1, 0.15) is 39.9 Å². The molecule has 0 radical (unpaired) electrons. The third-order valence-corrected chi connectivity index (χ3v) is 10.4. The number of sulfonamides is 1. The molecule has 272 valence electrons. The zero-order valence-corrected chi connectivity index (χ0v) is 30.3. The molecule has 0 aliphatic carbocycles. The van der Waals surface area contributed by atoms with Crippen LogP contribution in [0, 0.1) is 6.92 Å². The maximum Gasteiger partial charge on any atom is 0.259 e. The van der Waals surface area contributed by atoms with Crippen LogP contribution in [0.25, 0.3) is 0 Å². The lowest BCUT2D eigenvalue weighted by Gasteiger charge is -2.33. The van der Waals surface area contributed by atoms with Gasteiger partial charge in [-0.1, -0.05) is 23.7 Å². The van der Waals surface area contributed by atoms with E-state index in [0.29, 0.717) is 39.7 Å². The number of benzene rings is 2. The summed E-state index contributed by atoms with van der Waals surface area (Å²) in [6.07, 6.45) is 1.70. The predicted molar refractivity (Wildman–Crippen MR) is 188 cm³/mol. The van der Waals surface area contributed by atoms with E-state index in [2.05, 4.69) is 15.3 Å². The number of hydrogen-bond donors (Lipinski definition) is 1. The van der Waals surface area contributed by atoms with Gasteiger partial charge in [0.15, 0.2) is 0 Å². The number of hydrogen-bond acceptors (Lipinski definition) is 10. The average molecular weight is 746 g/mol. The van der Waals surface area contributed by atoms with Crippen LogP contribution in [0.4, 0.5) is 20.3 Å². The molecule has 0 bridgehead atoms. The molecule has 0 atom stereocenters. The van der Waals surface area contributed by atoms with Gasteiger partial charge in [-0.3, -0.25) is 9.78 Å². The molecule has 4 aromatic rings. The van der Waals surface area contributed by atoms with Crippen molar-refractivity contribution in [3.05, 3.63) is 88.3 Å². The maximum atomic E-state index is 14.4. The number of alkyl halides is 2. The molecular weight excluding hydrogens is 708 g/mol. The molecule has 0 spiro atoms. The van der Waals surface area contributed by atoms with Crippen molar-refractivity contribution in [1.29, 1.82) is 0 Å². The van der Waals surface area contributed by atoms with E-state index in [-0.39, 0.29) is 53.3 Å². The van der Waals surface area contributed by atoms with Crippen molar-refractivity contribution in [3.63, 3.8) is 0 Å². The largest absolute Gasteiger partial charge is 0.497 e. The molecular formula is C35H38ClF2N5O7S. The molecule has 3 heterocycles. The van der Waals surface area contributed by atoms with Crippen molar-refractivity contribution < 1.29 is 40.9 Å². The van der Waals surface area contributed by atoms with Gasteiger partial charge in [-0.15, -0.1) is 0 Å². The number of aromatic nitrogens is 2. The van der Waals surface area contributed by atoms with E-state index in [4.69, 9.17) is 30.5 Å². The minimum atomic E-state index is -4.31. The molecule has 1 aliphatic rings. The van der Waals surface area contributed by atoms with Crippen LogP contribution in [0.3, 0.4) is 0 Å².